The Bertz CT molecular complexity index is 836. The van der Waals surface area contributed by atoms with Gasteiger partial charge in [0.1, 0.15) is 17.5 Å². The van der Waals surface area contributed by atoms with Gasteiger partial charge in [0.05, 0.1) is 10.6 Å². The van der Waals surface area contributed by atoms with Crippen LogP contribution < -0.4 is 10.2 Å². The second-order valence-corrected chi connectivity index (χ2v) is 10.2. The lowest BCUT2D eigenvalue weighted by molar-refractivity contribution is 0.689. The molecule has 0 aliphatic heterocycles. The standard InChI is InChI=1S/C23H33BrN4S/c1-6-12-28(14-17-8-9-17)23-21(29-7-2)22(25-16(5)26-23)27-20-11-10-18(15(3)4)13-19(20)24/h10-11,13,15,17H,6-9,12,14H2,1-5H3,(H,25,26,27). The summed E-state index contributed by atoms with van der Waals surface area (Å²) >= 11 is 5.57. The van der Waals surface area contributed by atoms with Gasteiger partial charge in [0, 0.05) is 17.6 Å². The van der Waals surface area contributed by atoms with Crippen molar-refractivity contribution in [3.63, 3.8) is 0 Å². The number of nitrogens with one attached hydrogen (secondary N) is 1. The third-order valence-corrected chi connectivity index (χ3v) is 6.74. The number of nitrogens with zero attached hydrogens (tertiary/aromatic N) is 3. The van der Waals surface area contributed by atoms with Crippen LogP contribution in [0, 0.1) is 12.8 Å². The van der Waals surface area contributed by atoms with Gasteiger partial charge in [-0.15, -0.1) is 11.8 Å². The van der Waals surface area contributed by atoms with E-state index in [1.54, 1.807) is 0 Å². The highest BCUT2D eigenvalue weighted by Gasteiger charge is 2.27. The number of hydrogen-bond donors (Lipinski definition) is 1. The Balaban J connectivity index is 1.98. The van der Waals surface area contributed by atoms with E-state index in [2.05, 4.69) is 72.0 Å². The molecule has 0 atom stereocenters. The molecule has 1 saturated carbocycles. The molecule has 4 nitrogen and oxygen atoms in total. The van der Waals surface area contributed by atoms with E-state index >= 15 is 0 Å². The largest absolute Gasteiger partial charge is 0.355 e. The molecule has 0 radical (unpaired) electrons. The zero-order chi connectivity index (χ0) is 21.0. The molecular formula is C23H33BrN4S. The molecule has 1 fully saturated rings. The monoisotopic (exact) mass is 476 g/mol. The molecule has 0 spiro atoms. The predicted octanol–water partition coefficient (Wildman–Crippen LogP) is 7.15. The van der Waals surface area contributed by atoms with E-state index in [1.807, 2.05) is 18.7 Å². The Morgan fingerprint density at radius 1 is 1.24 bits per heavy atom. The van der Waals surface area contributed by atoms with Gasteiger partial charge in [0.15, 0.2) is 0 Å². The number of anilines is 3. The SMILES string of the molecule is CCCN(CC1CC1)c1nc(C)nc(Nc2ccc(C(C)C)cc2Br)c1SCC. The lowest BCUT2D eigenvalue weighted by Gasteiger charge is -2.27. The van der Waals surface area contributed by atoms with Gasteiger partial charge in [-0.25, -0.2) is 9.97 Å². The van der Waals surface area contributed by atoms with Crippen LogP contribution in [0.5, 0.6) is 0 Å². The smallest absolute Gasteiger partial charge is 0.150 e. The Labute approximate surface area is 188 Å². The predicted molar refractivity (Wildman–Crippen MR) is 130 cm³/mol. The molecule has 6 heteroatoms. The quantitative estimate of drug-likeness (QED) is 0.368. The van der Waals surface area contributed by atoms with Gasteiger partial charge in [-0.3, -0.25) is 0 Å². The van der Waals surface area contributed by atoms with Crippen molar-refractivity contribution in [2.45, 2.75) is 64.7 Å². The van der Waals surface area contributed by atoms with E-state index in [9.17, 15) is 0 Å². The van der Waals surface area contributed by atoms with Gasteiger partial charge >= 0.3 is 0 Å². The van der Waals surface area contributed by atoms with Crippen LogP contribution in [0.3, 0.4) is 0 Å². The molecule has 1 aliphatic carbocycles. The van der Waals surface area contributed by atoms with Crippen molar-refractivity contribution < 1.29 is 0 Å². The third-order valence-electron chi connectivity index (χ3n) is 5.13. The fourth-order valence-corrected chi connectivity index (χ4v) is 4.73. The van der Waals surface area contributed by atoms with Gasteiger partial charge in [-0.2, -0.15) is 0 Å². The highest BCUT2D eigenvalue weighted by atomic mass is 79.9. The van der Waals surface area contributed by atoms with Crippen molar-refractivity contribution in [2.24, 2.45) is 5.92 Å². The number of aryl methyl sites for hydroxylation is 1. The van der Waals surface area contributed by atoms with Crippen molar-refractivity contribution in [3.05, 3.63) is 34.1 Å². The molecular weight excluding hydrogens is 444 g/mol. The van der Waals surface area contributed by atoms with Crippen LogP contribution in [0.2, 0.25) is 0 Å². The number of hydrogen-bond acceptors (Lipinski definition) is 5. The molecule has 1 aromatic carbocycles. The van der Waals surface area contributed by atoms with Crippen molar-refractivity contribution in [1.29, 1.82) is 0 Å². The highest BCUT2D eigenvalue weighted by Crippen LogP contribution is 2.39. The van der Waals surface area contributed by atoms with Crippen LogP contribution >= 0.6 is 27.7 Å². The lowest BCUT2D eigenvalue weighted by Crippen LogP contribution is -2.28. The van der Waals surface area contributed by atoms with Gasteiger partial charge in [-0.05, 0) is 77.4 Å². The van der Waals surface area contributed by atoms with E-state index in [0.717, 1.165) is 63.7 Å². The Hall–Kier alpha value is -1.27. The van der Waals surface area contributed by atoms with Crippen molar-refractivity contribution >= 4 is 45.0 Å². The lowest BCUT2D eigenvalue weighted by atomic mass is 10.0. The maximum absolute atomic E-state index is 4.90. The van der Waals surface area contributed by atoms with Crippen molar-refractivity contribution in [2.75, 3.05) is 29.1 Å². The normalized spacial score (nSPS) is 13.8. The van der Waals surface area contributed by atoms with E-state index in [1.165, 1.54) is 18.4 Å². The summed E-state index contributed by atoms with van der Waals surface area (Å²) in [4.78, 5) is 13.3. The zero-order valence-electron chi connectivity index (χ0n) is 18.3. The summed E-state index contributed by atoms with van der Waals surface area (Å²) < 4.78 is 1.07. The fraction of sp³-hybridized carbons (Fsp3) is 0.565. The van der Waals surface area contributed by atoms with E-state index in [0.29, 0.717) is 5.92 Å². The first-order chi connectivity index (χ1) is 13.9. The zero-order valence-corrected chi connectivity index (χ0v) is 20.7. The summed E-state index contributed by atoms with van der Waals surface area (Å²) in [5, 5.41) is 3.59. The second kappa shape index (κ2) is 10.2. The van der Waals surface area contributed by atoms with Gasteiger partial charge < -0.3 is 10.2 Å². The summed E-state index contributed by atoms with van der Waals surface area (Å²) in [6, 6.07) is 6.53. The van der Waals surface area contributed by atoms with E-state index in [-0.39, 0.29) is 0 Å². The van der Waals surface area contributed by atoms with Gasteiger partial charge in [0.25, 0.3) is 0 Å². The first-order valence-corrected chi connectivity index (χ1v) is 12.5. The molecule has 0 bridgehead atoms. The molecule has 29 heavy (non-hydrogen) atoms. The van der Waals surface area contributed by atoms with Gasteiger partial charge in [0.2, 0.25) is 0 Å². The van der Waals surface area contributed by atoms with Crippen molar-refractivity contribution in [1.82, 2.24) is 9.97 Å². The number of aromatic nitrogens is 2. The Morgan fingerprint density at radius 2 is 2.00 bits per heavy atom. The summed E-state index contributed by atoms with van der Waals surface area (Å²) in [7, 11) is 0. The van der Waals surface area contributed by atoms with Crippen LogP contribution in [0.25, 0.3) is 0 Å². The minimum absolute atomic E-state index is 0.504. The first kappa shape index (κ1) is 22.4. The number of rotatable bonds is 10. The fourth-order valence-electron chi connectivity index (χ4n) is 3.41. The third kappa shape index (κ3) is 5.88. The number of benzene rings is 1. The molecule has 0 unspecified atom stereocenters. The molecule has 1 aromatic heterocycles. The number of halogens is 1. The average molecular weight is 478 g/mol. The topological polar surface area (TPSA) is 41.1 Å². The second-order valence-electron chi connectivity index (χ2n) is 8.11. The van der Waals surface area contributed by atoms with Crippen LogP contribution in [0.15, 0.2) is 27.6 Å². The highest BCUT2D eigenvalue weighted by molar-refractivity contribution is 9.10. The minimum Gasteiger partial charge on any atom is -0.355 e. The molecule has 2 aromatic rings. The molecule has 0 amide bonds. The molecule has 1 heterocycles. The van der Waals surface area contributed by atoms with Crippen LogP contribution in [0.4, 0.5) is 17.3 Å². The molecule has 158 valence electrons. The number of thioether (sulfide) groups is 1. The molecule has 0 saturated heterocycles. The maximum atomic E-state index is 4.90. The average Bonchev–Trinajstić information content (AvgIpc) is 3.49. The molecule has 1 N–H and O–H groups in total. The maximum Gasteiger partial charge on any atom is 0.150 e. The van der Waals surface area contributed by atoms with Crippen LogP contribution in [0.1, 0.15) is 64.3 Å². The van der Waals surface area contributed by atoms with Crippen LogP contribution in [-0.2, 0) is 0 Å². The summed E-state index contributed by atoms with van der Waals surface area (Å²) in [5.41, 5.74) is 2.37. The summed E-state index contributed by atoms with van der Waals surface area (Å²) in [6.07, 6.45) is 3.82. The van der Waals surface area contributed by atoms with E-state index < -0.39 is 0 Å². The Morgan fingerprint density at radius 3 is 2.59 bits per heavy atom. The van der Waals surface area contributed by atoms with E-state index in [4.69, 9.17) is 9.97 Å². The summed E-state index contributed by atoms with van der Waals surface area (Å²) in [5.74, 6) is 5.14. The van der Waals surface area contributed by atoms with Gasteiger partial charge in [-0.1, -0.05) is 33.8 Å². The molecule has 3 rings (SSSR count). The minimum atomic E-state index is 0.504. The molecule has 1 aliphatic rings. The first-order valence-electron chi connectivity index (χ1n) is 10.8. The summed E-state index contributed by atoms with van der Waals surface area (Å²) in [6.45, 7) is 13.0. The Kier molecular flexibility index (Phi) is 7.85. The van der Waals surface area contributed by atoms with Crippen LogP contribution in [-0.4, -0.2) is 28.8 Å². The van der Waals surface area contributed by atoms with Crippen molar-refractivity contribution in [3.8, 4) is 0 Å².